The van der Waals surface area contributed by atoms with Gasteiger partial charge < -0.3 is 14.5 Å². The van der Waals surface area contributed by atoms with Crippen LogP contribution in [0.15, 0.2) is 34.7 Å². The average molecular weight is 323 g/mol. The van der Waals surface area contributed by atoms with E-state index in [1.54, 1.807) is 0 Å². The molecule has 0 radical (unpaired) electrons. The Bertz CT molecular complexity index is 883. The van der Waals surface area contributed by atoms with E-state index < -0.39 is 0 Å². The molecule has 5 heteroatoms. The summed E-state index contributed by atoms with van der Waals surface area (Å²) in [6, 6.07) is 10.8. The number of ether oxygens (including phenoxy) is 1. The van der Waals surface area contributed by atoms with Crippen LogP contribution in [0.2, 0.25) is 0 Å². The molecular weight excluding hydrogens is 302 g/mol. The maximum absolute atomic E-state index is 5.64. The van der Waals surface area contributed by atoms with Gasteiger partial charge in [0.15, 0.2) is 0 Å². The van der Waals surface area contributed by atoms with Gasteiger partial charge in [-0.3, -0.25) is 0 Å². The van der Waals surface area contributed by atoms with Crippen LogP contribution in [0.3, 0.4) is 0 Å². The summed E-state index contributed by atoms with van der Waals surface area (Å²) in [5, 5.41) is 4.44. The monoisotopic (exact) mass is 323 g/mol. The topological polar surface area (TPSA) is 60.2 Å². The average Bonchev–Trinajstić information content (AvgIpc) is 2.86. The van der Waals surface area contributed by atoms with E-state index in [1.807, 2.05) is 19.9 Å². The molecule has 2 aromatic heterocycles. The molecule has 1 fully saturated rings. The molecule has 0 aliphatic carbocycles. The number of aryl methyl sites for hydroxylation is 2. The van der Waals surface area contributed by atoms with Crippen LogP contribution in [-0.2, 0) is 4.74 Å². The standard InChI is InChI=1S/C19H21N3O2/c1-11-7-17-18(21-13(3)22-19(17)24-11)20-12(2)14-5-4-6-15(8-14)16-9-23-10-16/h4-8,12,16H,9-10H2,1-3H3,(H,20,21,22)/t12-/m0/s1. The van der Waals surface area contributed by atoms with Crippen LogP contribution in [0, 0.1) is 13.8 Å². The molecule has 4 rings (SSSR count). The zero-order valence-electron chi connectivity index (χ0n) is 14.2. The van der Waals surface area contributed by atoms with Crippen molar-refractivity contribution in [2.45, 2.75) is 32.7 Å². The third-order valence-corrected chi connectivity index (χ3v) is 4.50. The molecule has 0 amide bonds. The number of aromatic nitrogens is 2. The first-order valence-electron chi connectivity index (χ1n) is 8.29. The number of anilines is 1. The molecule has 124 valence electrons. The molecule has 1 saturated heterocycles. The van der Waals surface area contributed by atoms with Gasteiger partial charge in [0.1, 0.15) is 17.4 Å². The molecule has 0 spiro atoms. The summed E-state index contributed by atoms with van der Waals surface area (Å²) in [6.45, 7) is 7.60. The van der Waals surface area contributed by atoms with Crippen molar-refractivity contribution < 1.29 is 9.15 Å². The number of furan rings is 1. The largest absolute Gasteiger partial charge is 0.443 e. The Morgan fingerprint density at radius 2 is 2.00 bits per heavy atom. The van der Waals surface area contributed by atoms with Crippen LogP contribution < -0.4 is 5.32 Å². The molecule has 3 heterocycles. The molecule has 5 nitrogen and oxygen atoms in total. The number of benzene rings is 1. The quantitative estimate of drug-likeness (QED) is 0.782. The number of nitrogens with zero attached hydrogens (tertiary/aromatic N) is 2. The van der Waals surface area contributed by atoms with Crippen LogP contribution in [0.5, 0.6) is 0 Å². The third kappa shape index (κ3) is 2.76. The Morgan fingerprint density at radius 3 is 2.75 bits per heavy atom. The zero-order valence-corrected chi connectivity index (χ0v) is 14.2. The number of hydrogen-bond donors (Lipinski definition) is 1. The molecule has 1 N–H and O–H groups in total. The number of rotatable bonds is 4. The second kappa shape index (κ2) is 5.91. The molecule has 0 unspecified atom stereocenters. The van der Waals surface area contributed by atoms with E-state index in [0.717, 1.165) is 30.2 Å². The molecule has 1 aromatic carbocycles. The summed E-state index contributed by atoms with van der Waals surface area (Å²) in [5.41, 5.74) is 3.22. The van der Waals surface area contributed by atoms with E-state index in [2.05, 4.69) is 46.5 Å². The predicted molar refractivity (Wildman–Crippen MR) is 93.3 cm³/mol. The highest BCUT2D eigenvalue weighted by Crippen LogP contribution is 2.29. The fourth-order valence-corrected chi connectivity index (χ4v) is 3.06. The Hall–Kier alpha value is -2.40. The van der Waals surface area contributed by atoms with Crippen molar-refractivity contribution in [3.63, 3.8) is 0 Å². The summed E-state index contributed by atoms with van der Waals surface area (Å²) >= 11 is 0. The van der Waals surface area contributed by atoms with Crippen molar-refractivity contribution in [2.75, 3.05) is 18.5 Å². The second-order valence-electron chi connectivity index (χ2n) is 6.47. The number of hydrogen-bond acceptors (Lipinski definition) is 5. The lowest BCUT2D eigenvalue weighted by molar-refractivity contribution is 0.00839. The normalized spacial score (nSPS) is 16.1. The first kappa shape index (κ1) is 15.1. The van der Waals surface area contributed by atoms with Gasteiger partial charge >= 0.3 is 0 Å². The van der Waals surface area contributed by atoms with E-state index in [-0.39, 0.29) is 6.04 Å². The summed E-state index contributed by atoms with van der Waals surface area (Å²) in [5.74, 6) is 2.89. The molecule has 24 heavy (non-hydrogen) atoms. The molecule has 0 saturated carbocycles. The van der Waals surface area contributed by atoms with Crippen LogP contribution in [0.25, 0.3) is 11.1 Å². The van der Waals surface area contributed by atoms with Gasteiger partial charge in [-0.25, -0.2) is 4.98 Å². The van der Waals surface area contributed by atoms with Gasteiger partial charge in [0.05, 0.1) is 18.6 Å². The fourth-order valence-electron chi connectivity index (χ4n) is 3.06. The Morgan fingerprint density at radius 1 is 1.17 bits per heavy atom. The Kier molecular flexibility index (Phi) is 3.73. The maximum atomic E-state index is 5.64. The molecule has 3 aromatic rings. The van der Waals surface area contributed by atoms with Gasteiger partial charge in [-0.05, 0) is 38.0 Å². The highest BCUT2D eigenvalue weighted by Gasteiger charge is 2.21. The van der Waals surface area contributed by atoms with Gasteiger partial charge in [-0.15, -0.1) is 0 Å². The van der Waals surface area contributed by atoms with Gasteiger partial charge in [0.25, 0.3) is 0 Å². The van der Waals surface area contributed by atoms with Crippen molar-refractivity contribution in [2.24, 2.45) is 0 Å². The van der Waals surface area contributed by atoms with Crippen LogP contribution in [0.1, 0.15) is 41.6 Å². The first-order valence-corrected chi connectivity index (χ1v) is 8.29. The van der Waals surface area contributed by atoms with Gasteiger partial charge in [0, 0.05) is 12.0 Å². The van der Waals surface area contributed by atoms with E-state index in [1.165, 1.54) is 11.1 Å². The highest BCUT2D eigenvalue weighted by molar-refractivity contribution is 5.86. The van der Waals surface area contributed by atoms with Crippen molar-refractivity contribution >= 4 is 16.9 Å². The summed E-state index contributed by atoms with van der Waals surface area (Å²) in [6.07, 6.45) is 0. The number of nitrogens with one attached hydrogen (secondary N) is 1. The summed E-state index contributed by atoms with van der Waals surface area (Å²) < 4.78 is 11.0. The molecule has 0 bridgehead atoms. The molecule has 1 atom stereocenters. The van der Waals surface area contributed by atoms with E-state index >= 15 is 0 Å². The van der Waals surface area contributed by atoms with Crippen molar-refractivity contribution in [3.8, 4) is 0 Å². The summed E-state index contributed by atoms with van der Waals surface area (Å²) in [4.78, 5) is 8.92. The Labute approximate surface area is 141 Å². The first-order chi connectivity index (χ1) is 11.6. The smallest absolute Gasteiger partial charge is 0.231 e. The van der Waals surface area contributed by atoms with Crippen LogP contribution in [0.4, 0.5) is 5.82 Å². The Balaban J connectivity index is 1.63. The van der Waals surface area contributed by atoms with E-state index in [9.17, 15) is 0 Å². The van der Waals surface area contributed by atoms with Gasteiger partial charge in [0.2, 0.25) is 5.71 Å². The van der Waals surface area contributed by atoms with E-state index in [4.69, 9.17) is 9.15 Å². The van der Waals surface area contributed by atoms with Gasteiger partial charge in [-0.1, -0.05) is 24.3 Å². The van der Waals surface area contributed by atoms with Crippen molar-refractivity contribution in [1.29, 1.82) is 0 Å². The maximum Gasteiger partial charge on any atom is 0.231 e. The van der Waals surface area contributed by atoms with Gasteiger partial charge in [-0.2, -0.15) is 4.98 Å². The minimum Gasteiger partial charge on any atom is -0.443 e. The number of fused-ring (bicyclic) bond motifs is 1. The van der Waals surface area contributed by atoms with E-state index in [0.29, 0.717) is 17.5 Å². The van der Waals surface area contributed by atoms with Crippen molar-refractivity contribution in [3.05, 3.63) is 53.0 Å². The summed E-state index contributed by atoms with van der Waals surface area (Å²) in [7, 11) is 0. The minimum absolute atomic E-state index is 0.138. The fraction of sp³-hybridized carbons (Fsp3) is 0.368. The molecular formula is C19H21N3O2. The van der Waals surface area contributed by atoms with Crippen LogP contribution in [-0.4, -0.2) is 23.2 Å². The lowest BCUT2D eigenvalue weighted by atomic mass is 9.94. The SMILES string of the molecule is Cc1nc(N[C@@H](C)c2cccc(C3COC3)c2)c2cc(C)oc2n1. The van der Waals surface area contributed by atoms with Crippen LogP contribution >= 0.6 is 0 Å². The zero-order chi connectivity index (χ0) is 16.7. The molecule has 1 aliphatic rings. The third-order valence-electron chi connectivity index (χ3n) is 4.50. The second-order valence-corrected chi connectivity index (χ2v) is 6.47. The lowest BCUT2D eigenvalue weighted by Gasteiger charge is -2.27. The molecule has 1 aliphatic heterocycles. The van der Waals surface area contributed by atoms with Crippen molar-refractivity contribution in [1.82, 2.24) is 9.97 Å². The minimum atomic E-state index is 0.138. The predicted octanol–water partition coefficient (Wildman–Crippen LogP) is 4.13. The lowest BCUT2D eigenvalue weighted by Crippen LogP contribution is -2.25. The highest BCUT2D eigenvalue weighted by atomic mass is 16.5.